The monoisotopic (exact) mass is 339 g/mol. The maximum Gasteiger partial charge on any atom is 0.157 e. The van der Waals surface area contributed by atoms with Gasteiger partial charge in [0.1, 0.15) is 18.2 Å². The number of methoxy groups -OCH3 is 1. The van der Waals surface area contributed by atoms with Crippen LogP contribution < -0.4 is 15.2 Å². The van der Waals surface area contributed by atoms with E-state index in [-0.39, 0.29) is 5.69 Å². The van der Waals surface area contributed by atoms with Gasteiger partial charge in [0.2, 0.25) is 0 Å². The van der Waals surface area contributed by atoms with Crippen LogP contribution in [0.3, 0.4) is 0 Å². The molecule has 2 aromatic carbocycles. The fraction of sp³-hybridized carbons (Fsp3) is 0.200. The van der Waals surface area contributed by atoms with Crippen LogP contribution in [0.15, 0.2) is 34.8 Å². The Morgan fingerprint density at radius 2 is 2.00 bits per heavy atom. The minimum absolute atomic E-state index is 0.253. The number of halogens is 2. The van der Waals surface area contributed by atoms with E-state index < -0.39 is 5.82 Å². The van der Waals surface area contributed by atoms with Crippen molar-refractivity contribution in [3.63, 3.8) is 0 Å². The standard InChI is InChI=1S/C15H15BrFNO2/c1-9-3-4-14(19-2)10(5-9)8-20-15-12(16)6-11(17)7-13(15)18/h3-7H,8,18H2,1-2H3. The van der Waals surface area contributed by atoms with E-state index in [9.17, 15) is 4.39 Å². The van der Waals surface area contributed by atoms with Crippen molar-refractivity contribution in [2.45, 2.75) is 13.5 Å². The minimum Gasteiger partial charge on any atom is -0.496 e. The molecule has 0 aromatic heterocycles. The first-order chi connectivity index (χ1) is 9.51. The molecule has 0 radical (unpaired) electrons. The molecule has 0 aliphatic carbocycles. The van der Waals surface area contributed by atoms with Gasteiger partial charge in [-0.15, -0.1) is 0 Å². The summed E-state index contributed by atoms with van der Waals surface area (Å²) in [5, 5.41) is 0. The molecule has 0 atom stereocenters. The molecule has 106 valence electrons. The maximum atomic E-state index is 13.2. The van der Waals surface area contributed by atoms with Gasteiger partial charge < -0.3 is 15.2 Å². The second-order valence-electron chi connectivity index (χ2n) is 4.41. The summed E-state index contributed by atoms with van der Waals surface area (Å²) in [4.78, 5) is 0. The molecule has 0 aliphatic heterocycles. The summed E-state index contributed by atoms with van der Waals surface area (Å²) >= 11 is 3.25. The van der Waals surface area contributed by atoms with Crippen LogP contribution in [0.2, 0.25) is 0 Å². The van der Waals surface area contributed by atoms with Crippen molar-refractivity contribution in [2.24, 2.45) is 0 Å². The number of ether oxygens (including phenoxy) is 2. The normalized spacial score (nSPS) is 10.4. The van der Waals surface area contributed by atoms with Crippen molar-refractivity contribution in [1.82, 2.24) is 0 Å². The summed E-state index contributed by atoms with van der Waals surface area (Å²) in [5.41, 5.74) is 8.03. The lowest BCUT2D eigenvalue weighted by Gasteiger charge is -2.13. The summed E-state index contributed by atoms with van der Waals surface area (Å²) in [7, 11) is 1.61. The van der Waals surface area contributed by atoms with Crippen molar-refractivity contribution in [2.75, 3.05) is 12.8 Å². The van der Waals surface area contributed by atoms with E-state index in [1.54, 1.807) is 7.11 Å². The molecule has 0 bridgehead atoms. The minimum atomic E-state index is -0.408. The Bertz CT molecular complexity index is 608. The molecule has 3 nitrogen and oxygen atoms in total. The van der Waals surface area contributed by atoms with Crippen LogP contribution in [0.4, 0.5) is 10.1 Å². The lowest BCUT2D eigenvalue weighted by atomic mass is 10.1. The largest absolute Gasteiger partial charge is 0.496 e. The maximum absolute atomic E-state index is 13.2. The molecular formula is C15H15BrFNO2. The van der Waals surface area contributed by atoms with Crippen LogP contribution in [-0.4, -0.2) is 7.11 Å². The van der Waals surface area contributed by atoms with Crippen molar-refractivity contribution in [3.05, 3.63) is 51.7 Å². The van der Waals surface area contributed by atoms with E-state index in [0.29, 0.717) is 16.8 Å². The molecule has 5 heteroatoms. The van der Waals surface area contributed by atoms with Gasteiger partial charge in [-0.3, -0.25) is 0 Å². The number of nitrogens with two attached hydrogens (primary N) is 1. The highest BCUT2D eigenvalue weighted by Gasteiger charge is 2.10. The molecule has 2 aromatic rings. The SMILES string of the molecule is COc1ccc(C)cc1COc1c(N)cc(F)cc1Br. The molecule has 0 fully saturated rings. The number of anilines is 1. The van der Waals surface area contributed by atoms with Gasteiger partial charge in [-0.05, 0) is 41.1 Å². The lowest BCUT2D eigenvalue weighted by Crippen LogP contribution is -2.02. The molecule has 0 heterocycles. The summed E-state index contributed by atoms with van der Waals surface area (Å²) in [6.45, 7) is 2.28. The molecule has 0 amide bonds. The van der Waals surface area contributed by atoms with Gasteiger partial charge in [0.25, 0.3) is 0 Å². The van der Waals surface area contributed by atoms with E-state index in [0.717, 1.165) is 16.9 Å². The van der Waals surface area contributed by atoms with Crippen molar-refractivity contribution in [1.29, 1.82) is 0 Å². The lowest BCUT2D eigenvalue weighted by molar-refractivity contribution is 0.296. The zero-order chi connectivity index (χ0) is 14.7. The van der Waals surface area contributed by atoms with Crippen LogP contribution in [-0.2, 0) is 6.61 Å². The third-order valence-corrected chi connectivity index (χ3v) is 3.43. The number of benzene rings is 2. The molecule has 0 saturated heterocycles. The Kier molecular flexibility index (Phi) is 4.49. The van der Waals surface area contributed by atoms with Gasteiger partial charge in [-0.2, -0.15) is 0 Å². The van der Waals surface area contributed by atoms with E-state index in [1.807, 2.05) is 25.1 Å². The van der Waals surface area contributed by atoms with Gasteiger partial charge in [-0.25, -0.2) is 4.39 Å². The van der Waals surface area contributed by atoms with Crippen LogP contribution in [0.25, 0.3) is 0 Å². The van der Waals surface area contributed by atoms with Gasteiger partial charge in [-0.1, -0.05) is 11.6 Å². The van der Waals surface area contributed by atoms with Crippen molar-refractivity contribution >= 4 is 21.6 Å². The van der Waals surface area contributed by atoms with Gasteiger partial charge in [0.05, 0.1) is 17.3 Å². The van der Waals surface area contributed by atoms with Crippen LogP contribution in [0, 0.1) is 12.7 Å². The fourth-order valence-corrected chi connectivity index (χ4v) is 2.46. The first-order valence-electron chi connectivity index (χ1n) is 6.02. The van der Waals surface area contributed by atoms with Crippen LogP contribution >= 0.6 is 15.9 Å². The fourth-order valence-electron chi connectivity index (χ4n) is 1.90. The number of nitrogen functional groups attached to an aromatic ring is 1. The van der Waals surface area contributed by atoms with Crippen molar-refractivity contribution < 1.29 is 13.9 Å². The first-order valence-corrected chi connectivity index (χ1v) is 6.81. The Hall–Kier alpha value is -1.75. The third-order valence-electron chi connectivity index (χ3n) is 2.85. The highest BCUT2D eigenvalue weighted by molar-refractivity contribution is 9.10. The van der Waals surface area contributed by atoms with Crippen LogP contribution in [0.1, 0.15) is 11.1 Å². The average Bonchev–Trinajstić information content (AvgIpc) is 2.37. The van der Waals surface area contributed by atoms with E-state index in [4.69, 9.17) is 15.2 Å². The molecule has 0 unspecified atom stereocenters. The molecular weight excluding hydrogens is 325 g/mol. The van der Waals surface area contributed by atoms with Gasteiger partial charge >= 0.3 is 0 Å². The Morgan fingerprint density at radius 1 is 1.25 bits per heavy atom. The molecule has 2 N–H and O–H groups in total. The molecule has 0 spiro atoms. The number of rotatable bonds is 4. The number of hydrogen-bond donors (Lipinski definition) is 1. The Labute approximate surface area is 125 Å². The Balaban J connectivity index is 2.23. The predicted octanol–water partition coefficient (Wildman–Crippen LogP) is 4.07. The summed E-state index contributed by atoms with van der Waals surface area (Å²) in [6.07, 6.45) is 0. The summed E-state index contributed by atoms with van der Waals surface area (Å²) < 4.78 is 24.6. The van der Waals surface area contributed by atoms with Gasteiger partial charge in [0.15, 0.2) is 5.75 Å². The summed E-state index contributed by atoms with van der Waals surface area (Å²) in [5.74, 6) is 0.761. The number of hydrogen-bond acceptors (Lipinski definition) is 3. The zero-order valence-electron chi connectivity index (χ0n) is 11.2. The summed E-state index contributed by atoms with van der Waals surface area (Å²) in [6, 6.07) is 8.38. The second-order valence-corrected chi connectivity index (χ2v) is 5.26. The number of aryl methyl sites for hydroxylation is 1. The van der Waals surface area contributed by atoms with Gasteiger partial charge in [0, 0.05) is 11.6 Å². The first kappa shape index (κ1) is 14.7. The third kappa shape index (κ3) is 3.22. The average molecular weight is 340 g/mol. The quantitative estimate of drug-likeness (QED) is 0.854. The smallest absolute Gasteiger partial charge is 0.157 e. The molecule has 0 saturated carbocycles. The molecule has 0 aliphatic rings. The van der Waals surface area contributed by atoms with Crippen LogP contribution in [0.5, 0.6) is 11.5 Å². The highest BCUT2D eigenvalue weighted by Crippen LogP contribution is 2.33. The van der Waals surface area contributed by atoms with E-state index in [1.165, 1.54) is 12.1 Å². The highest BCUT2D eigenvalue weighted by atomic mass is 79.9. The topological polar surface area (TPSA) is 44.5 Å². The predicted molar refractivity (Wildman–Crippen MR) is 80.6 cm³/mol. The van der Waals surface area contributed by atoms with Crippen molar-refractivity contribution in [3.8, 4) is 11.5 Å². The zero-order valence-corrected chi connectivity index (χ0v) is 12.8. The van der Waals surface area contributed by atoms with E-state index in [2.05, 4.69) is 15.9 Å². The van der Waals surface area contributed by atoms with E-state index >= 15 is 0 Å². The second kappa shape index (κ2) is 6.13. The Morgan fingerprint density at radius 3 is 2.65 bits per heavy atom. The molecule has 20 heavy (non-hydrogen) atoms. The molecule has 2 rings (SSSR count).